The topological polar surface area (TPSA) is 62.6 Å². The third-order valence-electron chi connectivity index (χ3n) is 7.33. The summed E-state index contributed by atoms with van der Waals surface area (Å²) in [4.78, 5) is 7.54. The SMILES string of the molecule is Cc1cc2nc(N3CCC(C(O)NC4CCOC4)CC3)n(C3CCC3)c2cc1C. The summed E-state index contributed by atoms with van der Waals surface area (Å²) in [5, 5.41) is 14.0. The molecule has 1 aromatic carbocycles. The Morgan fingerprint density at radius 3 is 2.52 bits per heavy atom. The number of ether oxygens (including phenoxy) is 1. The molecule has 0 radical (unpaired) electrons. The van der Waals surface area contributed by atoms with Gasteiger partial charge in [0.1, 0.15) is 6.23 Å². The highest BCUT2D eigenvalue weighted by atomic mass is 16.5. The standard InChI is InChI=1S/C23H34N4O2/c1-15-12-20-21(13-16(15)2)27(19-4-3-5-19)23(25-20)26-9-6-17(7-10-26)22(28)24-18-8-11-29-14-18/h12-13,17-19,22,24,28H,3-11,14H2,1-2H3. The molecule has 3 fully saturated rings. The Bertz CT molecular complexity index is 861. The van der Waals surface area contributed by atoms with Gasteiger partial charge in [0.15, 0.2) is 0 Å². The molecule has 0 spiro atoms. The third-order valence-corrected chi connectivity index (χ3v) is 7.33. The van der Waals surface area contributed by atoms with Crippen LogP contribution in [-0.4, -0.2) is 53.2 Å². The van der Waals surface area contributed by atoms with E-state index in [0.29, 0.717) is 18.0 Å². The molecule has 2 unspecified atom stereocenters. The van der Waals surface area contributed by atoms with Crippen molar-refractivity contribution >= 4 is 17.0 Å². The number of aliphatic hydroxyl groups is 1. The van der Waals surface area contributed by atoms with Crippen LogP contribution in [0.2, 0.25) is 0 Å². The molecule has 5 rings (SSSR count). The van der Waals surface area contributed by atoms with E-state index in [1.165, 1.54) is 35.9 Å². The lowest BCUT2D eigenvalue weighted by atomic mass is 9.92. The van der Waals surface area contributed by atoms with Crippen molar-refractivity contribution in [2.45, 2.75) is 70.7 Å². The highest BCUT2D eigenvalue weighted by Gasteiger charge is 2.32. The normalized spacial score (nSPS) is 24.9. The van der Waals surface area contributed by atoms with Crippen LogP contribution in [0, 0.1) is 19.8 Å². The summed E-state index contributed by atoms with van der Waals surface area (Å²) in [6.45, 7) is 7.81. The second-order valence-corrected chi connectivity index (χ2v) is 9.29. The first-order valence-electron chi connectivity index (χ1n) is 11.4. The van der Waals surface area contributed by atoms with Gasteiger partial charge in [-0.25, -0.2) is 4.98 Å². The summed E-state index contributed by atoms with van der Waals surface area (Å²) in [7, 11) is 0. The molecule has 2 aromatic rings. The number of nitrogens with zero attached hydrogens (tertiary/aromatic N) is 3. The van der Waals surface area contributed by atoms with E-state index >= 15 is 0 Å². The Kier molecular flexibility index (Phi) is 5.26. The molecule has 2 atom stereocenters. The zero-order chi connectivity index (χ0) is 20.0. The molecule has 6 heteroatoms. The predicted molar refractivity (Wildman–Crippen MR) is 115 cm³/mol. The van der Waals surface area contributed by atoms with Crippen molar-refractivity contribution in [2.75, 3.05) is 31.2 Å². The fraction of sp³-hybridized carbons (Fsp3) is 0.696. The minimum atomic E-state index is -0.431. The largest absolute Gasteiger partial charge is 0.380 e. The Morgan fingerprint density at radius 2 is 1.86 bits per heavy atom. The Balaban J connectivity index is 1.33. The molecule has 29 heavy (non-hydrogen) atoms. The van der Waals surface area contributed by atoms with Crippen LogP contribution in [0.1, 0.15) is 55.7 Å². The lowest BCUT2D eigenvalue weighted by molar-refractivity contribution is 0.0483. The average molecular weight is 399 g/mol. The van der Waals surface area contributed by atoms with Gasteiger partial charge in [0.05, 0.1) is 17.6 Å². The highest BCUT2D eigenvalue weighted by Crippen LogP contribution is 2.39. The van der Waals surface area contributed by atoms with E-state index in [4.69, 9.17) is 9.72 Å². The molecule has 2 aliphatic heterocycles. The Morgan fingerprint density at radius 1 is 1.10 bits per heavy atom. The van der Waals surface area contributed by atoms with Crippen molar-refractivity contribution in [3.63, 3.8) is 0 Å². The van der Waals surface area contributed by atoms with Crippen LogP contribution in [0.15, 0.2) is 12.1 Å². The van der Waals surface area contributed by atoms with Crippen molar-refractivity contribution in [3.05, 3.63) is 23.3 Å². The quantitative estimate of drug-likeness (QED) is 0.757. The van der Waals surface area contributed by atoms with Gasteiger partial charge in [0.2, 0.25) is 5.95 Å². The van der Waals surface area contributed by atoms with Gasteiger partial charge in [0.25, 0.3) is 0 Å². The van der Waals surface area contributed by atoms with E-state index in [2.05, 4.69) is 40.8 Å². The molecule has 3 heterocycles. The number of fused-ring (bicyclic) bond motifs is 1. The highest BCUT2D eigenvalue weighted by molar-refractivity contribution is 5.81. The van der Waals surface area contributed by atoms with E-state index in [9.17, 15) is 5.11 Å². The summed E-state index contributed by atoms with van der Waals surface area (Å²) in [5.41, 5.74) is 5.07. The first-order valence-corrected chi connectivity index (χ1v) is 11.4. The number of anilines is 1. The molecule has 1 aromatic heterocycles. The first kappa shape index (κ1) is 19.3. The second kappa shape index (κ2) is 7.89. The van der Waals surface area contributed by atoms with E-state index in [1.54, 1.807) is 0 Å². The van der Waals surface area contributed by atoms with Gasteiger partial charge < -0.3 is 19.3 Å². The van der Waals surface area contributed by atoms with Crippen molar-refractivity contribution in [1.29, 1.82) is 0 Å². The maximum Gasteiger partial charge on any atom is 0.206 e. The number of aromatic nitrogens is 2. The molecular formula is C23H34N4O2. The van der Waals surface area contributed by atoms with Crippen molar-refractivity contribution in [2.24, 2.45) is 5.92 Å². The minimum absolute atomic E-state index is 0.303. The van der Waals surface area contributed by atoms with Crippen LogP contribution >= 0.6 is 0 Å². The van der Waals surface area contributed by atoms with Crippen molar-refractivity contribution in [1.82, 2.24) is 14.9 Å². The lowest BCUT2D eigenvalue weighted by Crippen LogP contribution is -2.47. The number of hydrogen-bond acceptors (Lipinski definition) is 5. The fourth-order valence-electron chi connectivity index (χ4n) is 5.02. The molecule has 6 nitrogen and oxygen atoms in total. The molecule has 3 aliphatic rings. The summed E-state index contributed by atoms with van der Waals surface area (Å²) in [5.74, 6) is 1.44. The van der Waals surface area contributed by atoms with Crippen LogP contribution < -0.4 is 10.2 Å². The first-order chi connectivity index (χ1) is 14.1. The zero-order valence-electron chi connectivity index (χ0n) is 17.7. The summed E-state index contributed by atoms with van der Waals surface area (Å²) in [6, 6.07) is 5.46. The van der Waals surface area contributed by atoms with Gasteiger partial charge in [-0.2, -0.15) is 0 Å². The lowest BCUT2D eigenvalue weighted by Gasteiger charge is -2.38. The van der Waals surface area contributed by atoms with E-state index in [0.717, 1.165) is 57.0 Å². The number of aliphatic hydroxyl groups excluding tert-OH is 1. The smallest absolute Gasteiger partial charge is 0.206 e. The van der Waals surface area contributed by atoms with Crippen LogP contribution in [0.3, 0.4) is 0 Å². The number of imidazole rings is 1. The van der Waals surface area contributed by atoms with E-state index in [-0.39, 0.29) is 0 Å². The number of nitrogens with one attached hydrogen (secondary N) is 1. The van der Waals surface area contributed by atoms with Crippen LogP contribution in [0.25, 0.3) is 11.0 Å². The number of benzene rings is 1. The molecule has 1 saturated carbocycles. The maximum absolute atomic E-state index is 10.7. The third kappa shape index (κ3) is 3.66. The number of aryl methyl sites for hydroxylation is 2. The number of hydrogen-bond donors (Lipinski definition) is 2. The second-order valence-electron chi connectivity index (χ2n) is 9.29. The molecule has 0 amide bonds. The van der Waals surface area contributed by atoms with E-state index < -0.39 is 6.23 Å². The summed E-state index contributed by atoms with van der Waals surface area (Å²) in [6.07, 6.45) is 6.39. The maximum atomic E-state index is 10.7. The molecule has 1 aliphatic carbocycles. The van der Waals surface area contributed by atoms with Crippen LogP contribution in [0.5, 0.6) is 0 Å². The van der Waals surface area contributed by atoms with E-state index in [1.807, 2.05) is 0 Å². The van der Waals surface area contributed by atoms with Crippen LogP contribution in [-0.2, 0) is 4.74 Å². The number of piperidine rings is 1. The van der Waals surface area contributed by atoms with Crippen LogP contribution in [0.4, 0.5) is 5.95 Å². The fourth-order valence-corrected chi connectivity index (χ4v) is 5.02. The zero-order valence-corrected chi connectivity index (χ0v) is 17.7. The Labute approximate surface area is 173 Å². The average Bonchev–Trinajstić information content (AvgIpc) is 3.30. The summed E-state index contributed by atoms with van der Waals surface area (Å²) < 4.78 is 7.93. The monoisotopic (exact) mass is 398 g/mol. The van der Waals surface area contributed by atoms with Gasteiger partial charge in [-0.3, -0.25) is 5.32 Å². The van der Waals surface area contributed by atoms with Gasteiger partial charge >= 0.3 is 0 Å². The molecule has 2 saturated heterocycles. The molecule has 0 bridgehead atoms. The predicted octanol–water partition coefficient (Wildman–Crippen LogP) is 3.29. The van der Waals surface area contributed by atoms with Crippen molar-refractivity contribution < 1.29 is 9.84 Å². The van der Waals surface area contributed by atoms with Gasteiger partial charge in [-0.15, -0.1) is 0 Å². The van der Waals surface area contributed by atoms with Crippen molar-refractivity contribution in [3.8, 4) is 0 Å². The minimum Gasteiger partial charge on any atom is -0.380 e. The molecule has 158 valence electrons. The van der Waals surface area contributed by atoms with Gasteiger partial charge in [0, 0.05) is 37.7 Å². The Hall–Kier alpha value is -1.63. The van der Waals surface area contributed by atoms with Gasteiger partial charge in [-0.1, -0.05) is 0 Å². The summed E-state index contributed by atoms with van der Waals surface area (Å²) >= 11 is 0. The molecule has 2 N–H and O–H groups in total. The van der Waals surface area contributed by atoms with Gasteiger partial charge in [-0.05, 0) is 75.6 Å². The number of rotatable bonds is 5. The molecular weight excluding hydrogens is 364 g/mol.